The van der Waals surface area contributed by atoms with E-state index in [0.717, 1.165) is 28.9 Å². The molecule has 0 spiro atoms. The van der Waals surface area contributed by atoms with Crippen LogP contribution >= 0.6 is 0 Å². The van der Waals surface area contributed by atoms with Gasteiger partial charge in [0.25, 0.3) is 0 Å². The average molecular weight is 313 g/mol. The maximum absolute atomic E-state index is 12.8. The van der Waals surface area contributed by atoms with Crippen LogP contribution in [0.2, 0.25) is 0 Å². The molecule has 0 fully saturated rings. The van der Waals surface area contributed by atoms with Crippen LogP contribution in [0.25, 0.3) is 0 Å². The third-order valence-corrected chi connectivity index (χ3v) is 4.89. The van der Waals surface area contributed by atoms with E-state index in [2.05, 4.69) is 11.2 Å². The normalized spacial score (nSPS) is 17.2. The molecule has 2 aromatic rings. The third-order valence-electron chi connectivity index (χ3n) is 4.89. The number of nitrogens with zero attached hydrogens (tertiary/aromatic N) is 3. The maximum atomic E-state index is 12.8. The molecule has 1 amide bonds. The van der Waals surface area contributed by atoms with Gasteiger partial charge in [-0.15, -0.1) is 0 Å². The summed E-state index contributed by atoms with van der Waals surface area (Å²) in [7, 11) is 1.89. The zero-order valence-electron chi connectivity index (χ0n) is 13.9. The van der Waals surface area contributed by atoms with E-state index in [9.17, 15) is 9.90 Å². The van der Waals surface area contributed by atoms with Crippen molar-refractivity contribution in [2.24, 2.45) is 7.05 Å². The number of aliphatic hydroxyl groups excluding tert-OH is 1. The summed E-state index contributed by atoms with van der Waals surface area (Å²) >= 11 is 0. The average Bonchev–Trinajstić information content (AvgIpc) is 2.79. The van der Waals surface area contributed by atoms with Crippen LogP contribution in [0.15, 0.2) is 24.3 Å². The minimum Gasteiger partial charge on any atom is -0.394 e. The van der Waals surface area contributed by atoms with E-state index in [1.54, 1.807) is 0 Å². The number of benzene rings is 1. The largest absolute Gasteiger partial charge is 0.394 e. The highest BCUT2D eigenvalue weighted by atomic mass is 16.3. The molecule has 2 heterocycles. The Morgan fingerprint density at radius 1 is 1.35 bits per heavy atom. The van der Waals surface area contributed by atoms with Crippen molar-refractivity contribution in [1.82, 2.24) is 14.7 Å². The van der Waals surface area contributed by atoms with Crippen molar-refractivity contribution >= 4 is 5.91 Å². The van der Waals surface area contributed by atoms with Crippen molar-refractivity contribution in [3.63, 3.8) is 0 Å². The second-order valence-electron chi connectivity index (χ2n) is 6.18. The number of carbonyl (C=O) groups is 1. The first-order valence-electron chi connectivity index (χ1n) is 8.00. The molecule has 1 N–H and O–H groups in total. The SMILES string of the molecule is Cc1nn(C)c(C)c1CC(=O)N1CCc2ccccc2C1CO. The molecule has 122 valence electrons. The number of aromatic nitrogens is 2. The Labute approximate surface area is 136 Å². The molecule has 0 bridgehead atoms. The van der Waals surface area contributed by atoms with Gasteiger partial charge in [0.2, 0.25) is 5.91 Å². The molecular formula is C18H23N3O2. The number of hydrogen-bond donors (Lipinski definition) is 1. The summed E-state index contributed by atoms with van der Waals surface area (Å²) in [5, 5.41) is 14.2. The molecule has 1 aliphatic rings. The zero-order chi connectivity index (χ0) is 16.6. The molecule has 0 radical (unpaired) electrons. The topological polar surface area (TPSA) is 58.4 Å². The fourth-order valence-corrected chi connectivity index (χ4v) is 3.47. The quantitative estimate of drug-likeness (QED) is 0.938. The van der Waals surface area contributed by atoms with Gasteiger partial charge in [-0.25, -0.2) is 0 Å². The number of amides is 1. The van der Waals surface area contributed by atoms with E-state index in [1.807, 2.05) is 48.7 Å². The summed E-state index contributed by atoms with van der Waals surface area (Å²) in [5.74, 6) is 0.0535. The Balaban J connectivity index is 1.85. The predicted molar refractivity (Wildman–Crippen MR) is 88.1 cm³/mol. The zero-order valence-corrected chi connectivity index (χ0v) is 13.9. The fourth-order valence-electron chi connectivity index (χ4n) is 3.47. The van der Waals surface area contributed by atoms with E-state index < -0.39 is 0 Å². The Morgan fingerprint density at radius 3 is 2.74 bits per heavy atom. The van der Waals surface area contributed by atoms with Gasteiger partial charge in [-0.05, 0) is 31.4 Å². The lowest BCUT2D eigenvalue weighted by Crippen LogP contribution is -2.42. The number of aryl methyl sites for hydroxylation is 2. The molecule has 0 aliphatic carbocycles. The van der Waals surface area contributed by atoms with Crippen molar-refractivity contribution in [2.75, 3.05) is 13.2 Å². The second-order valence-corrected chi connectivity index (χ2v) is 6.18. The summed E-state index contributed by atoms with van der Waals surface area (Å²) in [6.45, 7) is 4.52. The van der Waals surface area contributed by atoms with Crippen LogP contribution in [0.4, 0.5) is 0 Å². The van der Waals surface area contributed by atoms with Crippen molar-refractivity contribution < 1.29 is 9.90 Å². The van der Waals surface area contributed by atoms with Crippen molar-refractivity contribution in [1.29, 1.82) is 0 Å². The third kappa shape index (κ3) is 2.77. The Hall–Kier alpha value is -2.14. The van der Waals surface area contributed by atoms with Gasteiger partial charge in [-0.2, -0.15) is 5.10 Å². The van der Waals surface area contributed by atoms with Crippen molar-refractivity contribution in [2.45, 2.75) is 32.7 Å². The minimum atomic E-state index is -0.246. The molecule has 1 aliphatic heterocycles. The lowest BCUT2D eigenvalue weighted by atomic mass is 9.92. The smallest absolute Gasteiger partial charge is 0.227 e. The standard InChI is InChI=1S/C18H23N3O2/c1-12-16(13(2)20(3)19-12)10-18(23)21-9-8-14-6-4-5-7-15(14)17(21)11-22/h4-7,17,22H,8-11H2,1-3H3. The summed E-state index contributed by atoms with van der Waals surface area (Å²) in [5.41, 5.74) is 5.21. The van der Waals surface area contributed by atoms with Gasteiger partial charge >= 0.3 is 0 Å². The Morgan fingerprint density at radius 2 is 2.09 bits per heavy atom. The number of hydrogen-bond acceptors (Lipinski definition) is 3. The number of rotatable bonds is 3. The van der Waals surface area contributed by atoms with Crippen LogP contribution in [0.1, 0.15) is 34.1 Å². The molecule has 5 heteroatoms. The van der Waals surface area contributed by atoms with Crippen LogP contribution in [0.5, 0.6) is 0 Å². The summed E-state index contributed by atoms with van der Waals surface area (Å²) in [4.78, 5) is 14.7. The summed E-state index contributed by atoms with van der Waals surface area (Å²) < 4.78 is 1.81. The van der Waals surface area contributed by atoms with Crippen LogP contribution < -0.4 is 0 Å². The first kappa shape index (κ1) is 15.7. The number of aliphatic hydroxyl groups is 1. The molecule has 1 aromatic heterocycles. The molecule has 3 rings (SSSR count). The molecular weight excluding hydrogens is 290 g/mol. The first-order chi connectivity index (χ1) is 11.0. The van der Waals surface area contributed by atoms with Gasteiger partial charge in [-0.1, -0.05) is 24.3 Å². The lowest BCUT2D eigenvalue weighted by Gasteiger charge is -2.36. The van der Waals surface area contributed by atoms with Crippen LogP contribution in [0.3, 0.4) is 0 Å². The molecule has 0 saturated heterocycles. The van der Waals surface area contributed by atoms with Crippen LogP contribution in [-0.4, -0.2) is 38.8 Å². The van der Waals surface area contributed by atoms with Gasteiger partial charge in [0, 0.05) is 24.8 Å². The molecule has 5 nitrogen and oxygen atoms in total. The number of fused-ring (bicyclic) bond motifs is 1. The van der Waals surface area contributed by atoms with E-state index in [0.29, 0.717) is 13.0 Å². The monoisotopic (exact) mass is 313 g/mol. The maximum Gasteiger partial charge on any atom is 0.227 e. The van der Waals surface area contributed by atoms with E-state index in [-0.39, 0.29) is 18.6 Å². The van der Waals surface area contributed by atoms with E-state index in [4.69, 9.17) is 0 Å². The second kappa shape index (κ2) is 6.16. The highest BCUT2D eigenvalue weighted by molar-refractivity contribution is 5.80. The van der Waals surface area contributed by atoms with Crippen LogP contribution in [-0.2, 0) is 24.7 Å². The van der Waals surface area contributed by atoms with Crippen molar-refractivity contribution in [3.8, 4) is 0 Å². The van der Waals surface area contributed by atoms with E-state index in [1.165, 1.54) is 5.56 Å². The Bertz CT molecular complexity index is 736. The van der Waals surface area contributed by atoms with Gasteiger partial charge in [0.1, 0.15) is 0 Å². The summed E-state index contributed by atoms with van der Waals surface area (Å²) in [6, 6.07) is 7.81. The fraction of sp³-hybridized carbons (Fsp3) is 0.444. The molecule has 1 aromatic carbocycles. The lowest BCUT2D eigenvalue weighted by molar-refractivity contribution is -0.134. The van der Waals surface area contributed by atoms with E-state index >= 15 is 0 Å². The highest BCUT2D eigenvalue weighted by Gasteiger charge is 2.30. The molecule has 0 saturated carbocycles. The highest BCUT2D eigenvalue weighted by Crippen LogP contribution is 2.30. The van der Waals surface area contributed by atoms with Gasteiger partial charge in [-0.3, -0.25) is 9.48 Å². The van der Waals surface area contributed by atoms with Crippen LogP contribution in [0, 0.1) is 13.8 Å². The molecule has 1 atom stereocenters. The van der Waals surface area contributed by atoms with Gasteiger partial charge in [0.05, 0.1) is 24.8 Å². The minimum absolute atomic E-state index is 0.0479. The molecule has 23 heavy (non-hydrogen) atoms. The predicted octanol–water partition coefficient (Wildman–Crippen LogP) is 1.70. The van der Waals surface area contributed by atoms with Gasteiger partial charge in [0.15, 0.2) is 0 Å². The van der Waals surface area contributed by atoms with Gasteiger partial charge < -0.3 is 10.0 Å². The summed E-state index contributed by atoms with van der Waals surface area (Å²) in [6.07, 6.45) is 1.17. The number of carbonyl (C=O) groups excluding carboxylic acids is 1. The Kier molecular flexibility index (Phi) is 4.22. The molecule has 1 unspecified atom stereocenters. The van der Waals surface area contributed by atoms with Crippen molar-refractivity contribution in [3.05, 3.63) is 52.3 Å². The first-order valence-corrected chi connectivity index (χ1v) is 8.00.